The molecule has 0 aliphatic carbocycles. The van der Waals surface area contributed by atoms with Gasteiger partial charge in [0.15, 0.2) is 12.4 Å². The molecule has 2 rings (SSSR count). The molecule has 32 heavy (non-hydrogen) atoms. The van der Waals surface area contributed by atoms with E-state index in [9.17, 15) is 38.0 Å². The van der Waals surface area contributed by atoms with Crippen molar-refractivity contribution in [1.29, 1.82) is 0 Å². The lowest BCUT2D eigenvalue weighted by Gasteiger charge is -2.35. The van der Waals surface area contributed by atoms with Crippen LogP contribution in [0.1, 0.15) is 0 Å². The molecule has 0 aromatic heterocycles. The van der Waals surface area contributed by atoms with Crippen molar-refractivity contribution in [1.82, 2.24) is 10.2 Å². The number of amides is 1. The molecule has 0 radical (unpaired) electrons. The fourth-order valence-corrected chi connectivity index (χ4v) is 5.51. The number of rotatable bonds is 9. The largest absolute Gasteiger partial charge is 0.490 e. The van der Waals surface area contributed by atoms with E-state index < -0.39 is 66.6 Å². The molecule has 0 saturated carbocycles. The Morgan fingerprint density at radius 2 is 1.88 bits per heavy atom. The number of halogens is 1. The number of nitrogens with one attached hydrogen (secondary N) is 1. The van der Waals surface area contributed by atoms with Gasteiger partial charge >= 0.3 is 23.5 Å². The van der Waals surface area contributed by atoms with Crippen LogP contribution in [0.5, 0.6) is 0 Å². The van der Waals surface area contributed by atoms with E-state index in [0.29, 0.717) is 4.90 Å². The number of aliphatic hydroxyl groups excluding tert-OH is 2. The first kappa shape index (κ1) is 26.8. The number of hydrogen-bond donors (Lipinski definition) is 7. The Kier molecular flexibility index (Phi) is 7.89. The van der Waals surface area contributed by atoms with E-state index in [2.05, 4.69) is 23.2 Å². The number of aliphatic hydroxyl groups is 2. The molecule has 2 aliphatic heterocycles. The van der Waals surface area contributed by atoms with Gasteiger partial charge < -0.3 is 44.7 Å². The van der Waals surface area contributed by atoms with E-state index >= 15 is 0 Å². The van der Waals surface area contributed by atoms with Crippen molar-refractivity contribution < 1.29 is 70.5 Å². The molecule has 2 heterocycles. The van der Waals surface area contributed by atoms with Gasteiger partial charge in [-0.15, -0.1) is 0 Å². The van der Waals surface area contributed by atoms with Crippen molar-refractivity contribution in [2.45, 2.75) is 30.6 Å². The average Bonchev–Trinajstić information content (AvgIpc) is 2.83. The summed E-state index contributed by atoms with van der Waals surface area (Å²) in [6.07, 6.45) is -7.01. The van der Waals surface area contributed by atoms with Crippen LogP contribution in [-0.2, 0) is 36.4 Å². The number of ether oxygens (including phenoxy) is 1. The highest BCUT2D eigenvalue weighted by Gasteiger charge is 2.59. The van der Waals surface area contributed by atoms with Crippen LogP contribution >= 0.6 is 23.5 Å². The van der Waals surface area contributed by atoms with E-state index in [1.807, 2.05) is 5.32 Å². The maximum Gasteiger partial charge on any atom is 0.490 e. The van der Waals surface area contributed by atoms with Crippen molar-refractivity contribution in [3.05, 3.63) is 22.7 Å². The van der Waals surface area contributed by atoms with Gasteiger partial charge in [-0.05, 0) is 5.53 Å². The first-order valence-electron chi connectivity index (χ1n) is 7.80. The summed E-state index contributed by atoms with van der Waals surface area (Å²) in [4.78, 5) is 49.7. The molecule has 0 spiro atoms. The van der Waals surface area contributed by atoms with Gasteiger partial charge in [-0.25, -0.2) is 18.1 Å². The van der Waals surface area contributed by atoms with E-state index in [1.54, 1.807) is 0 Å². The number of azide groups is 1. The summed E-state index contributed by atoms with van der Waals surface area (Å²) in [6.45, 7) is -1.52. The second-order valence-electron chi connectivity index (χ2n) is 5.94. The van der Waals surface area contributed by atoms with E-state index in [0.717, 1.165) is 12.3 Å². The van der Waals surface area contributed by atoms with E-state index in [-0.39, 0.29) is 0 Å². The molecule has 3 unspecified atom stereocenters. The highest BCUT2D eigenvalue weighted by molar-refractivity contribution is 7.66. The molecular formula is C9H15FN5O14P3. The van der Waals surface area contributed by atoms with Crippen molar-refractivity contribution in [3.8, 4) is 0 Å². The summed E-state index contributed by atoms with van der Waals surface area (Å²) >= 11 is 0. The fraction of sp³-hybridized carbons (Fsp3) is 0.667. The summed E-state index contributed by atoms with van der Waals surface area (Å²) in [7, 11) is -17.3. The second kappa shape index (κ2) is 9.42. The van der Waals surface area contributed by atoms with Gasteiger partial charge in [0.1, 0.15) is 6.10 Å². The molecule has 7 atom stereocenters. The van der Waals surface area contributed by atoms with Gasteiger partial charge in [0.25, 0.3) is 0 Å². The summed E-state index contributed by atoms with van der Waals surface area (Å²) in [5.41, 5.74) is 5.90. The molecule has 0 bridgehead atoms. The Hall–Kier alpha value is -1.46. The number of nitrogens with zero attached hydrogens (tertiary/aromatic N) is 4. The van der Waals surface area contributed by atoms with E-state index in [1.165, 1.54) is 0 Å². The molecule has 7 N–H and O–H groups in total. The standard InChI is InChI=1S/C9H15FN5O14P3/c10-5-6(17)9(13-14-11,27-7(5)15-2-1-4(16)12-8(15)18)3-26-31(22,23)29-32(24,25)28-30(19,20)21/h1-2,5-8,17-18H,3H2,(H,12,16)(H,22,23)(H,24,25)(H2,19,20,21)/t5-,6+,7-,8?,9-/m1/s1. The molecule has 0 aromatic carbocycles. The minimum absolute atomic E-state index is 0.634. The van der Waals surface area contributed by atoms with Crippen LogP contribution in [0.4, 0.5) is 4.39 Å². The highest BCUT2D eigenvalue weighted by atomic mass is 31.3. The zero-order valence-electron chi connectivity index (χ0n) is 15.1. The van der Waals surface area contributed by atoms with Crippen LogP contribution in [-0.4, -0.2) is 77.8 Å². The van der Waals surface area contributed by atoms with Crippen molar-refractivity contribution in [2.24, 2.45) is 5.11 Å². The van der Waals surface area contributed by atoms with Crippen LogP contribution in [0.15, 0.2) is 17.4 Å². The quantitative estimate of drug-likeness (QED) is 0.0783. The molecule has 1 fully saturated rings. The molecular weight excluding hydrogens is 514 g/mol. The lowest BCUT2D eigenvalue weighted by Crippen LogP contribution is -2.54. The predicted octanol–water partition coefficient (Wildman–Crippen LogP) is -1.39. The van der Waals surface area contributed by atoms with Crippen molar-refractivity contribution >= 4 is 29.4 Å². The third-order valence-corrected chi connectivity index (χ3v) is 7.45. The topological polar surface area (TPSA) is 291 Å². The zero-order valence-corrected chi connectivity index (χ0v) is 17.8. The lowest BCUT2D eigenvalue weighted by atomic mass is 10.1. The van der Waals surface area contributed by atoms with Gasteiger partial charge in [-0.2, -0.15) is 8.62 Å². The lowest BCUT2D eigenvalue weighted by molar-refractivity contribution is -0.170. The number of phosphoric ester groups is 1. The van der Waals surface area contributed by atoms with Gasteiger partial charge in [0, 0.05) is 17.2 Å². The molecule has 1 saturated heterocycles. The van der Waals surface area contributed by atoms with Crippen LogP contribution in [0.3, 0.4) is 0 Å². The first-order valence-corrected chi connectivity index (χ1v) is 12.3. The van der Waals surface area contributed by atoms with Gasteiger partial charge in [0.05, 0.1) is 6.61 Å². The Bertz CT molecular complexity index is 969. The fourth-order valence-electron chi connectivity index (χ4n) is 2.47. The summed E-state index contributed by atoms with van der Waals surface area (Å²) < 4.78 is 64.8. The monoisotopic (exact) mass is 529 g/mol. The minimum atomic E-state index is -5.88. The number of phosphoric acid groups is 3. The van der Waals surface area contributed by atoms with Crippen LogP contribution in [0.2, 0.25) is 0 Å². The van der Waals surface area contributed by atoms with E-state index in [4.69, 9.17) is 24.9 Å². The molecule has 19 nitrogen and oxygen atoms in total. The number of hydrogen-bond acceptors (Lipinski definition) is 12. The van der Waals surface area contributed by atoms with Crippen molar-refractivity contribution in [3.63, 3.8) is 0 Å². The predicted molar refractivity (Wildman–Crippen MR) is 92.6 cm³/mol. The van der Waals surface area contributed by atoms with Crippen molar-refractivity contribution in [2.75, 3.05) is 6.61 Å². The third-order valence-electron chi connectivity index (χ3n) is 3.67. The summed E-state index contributed by atoms with van der Waals surface area (Å²) in [5, 5.41) is 24.9. The Balaban J connectivity index is 2.21. The highest BCUT2D eigenvalue weighted by Crippen LogP contribution is 2.66. The number of alkyl halides is 1. The Morgan fingerprint density at radius 1 is 1.25 bits per heavy atom. The maximum atomic E-state index is 14.7. The Labute approximate surface area is 176 Å². The number of carbonyl (C=O) groups is 1. The van der Waals surface area contributed by atoms with Gasteiger partial charge in [-0.1, -0.05) is 5.11 Å². The third kappa shape index (κ3) is 6.54. The van der Waals surface area contributed by atoms with Gasteiger partial charge in [-0.3, -0.25) is 9.32 Å². The summed E-state index contributed by atoms with van der Waals surface area (Å²) in [5.74, 6) is -0.767. The Morgan fingerprint density at radius 3 is 2.41 bits per heavy atom. The molecule has 2 aliphatic rings. The maximum absolute atomic E-state index is 14.7. The molecule has 23 heteroatoms. The normalized spacial score (nSPS) is 34.3. The van der Waals surface area contributed by atoms with Gasteiger partial charge in [0.2, 0.25) is 18.0 Å². The minimum Gasteiger partial charge on any atom is -0.387 e. The van der Waals surface area contributed by atoms with Crippen LogP contribution in [0.25, 0.3) is 10.4 Å². The molecule has 0 aromatic rings. The SMILES string of the molecule is [N-]=[N+]=N[C@]1(COP(=O)(O)OP(=O)(O)OP(=O)(O)O)O[C@@H](N2C=CC(=O)NC2O)[C@H](F)[C@@H]1O. The second-order valence-corrected chi connectivity index (χ2v) is 10.4. The number of carbonyl (C=O) groups excluding carboxylic acids is 1. The molecule has 182 valence electrons. The average molecular weight is 529 g/mol. The van der Waals surface area contributed by atoms with Crippen LogP contribution in [0, 0.1) is 0 Å². The zero-order chi connectivity index (χ0) is 24.5. The summed E-state index contributed by atoms with van der Waals surface area (Å²) in [6, 6.07) is 0. The molecule has 1 amide bonds. The first-order chi connectivity index (χ1) is 14.5. The smallest absolute Gasteiger partial charge is 0.387 e. The van der Waals surface area contributed by atoms with Crippen LogP contribution < -0.4 is 5.32 Å².